The largest absolute Gasteiger partial charge is 0.358 e. The van der Waals surface area contributed by atoms with Crippen LogP contribution in [0.25, 0.3) is 0 Å². The monoisotopic (exact) mass is 364 g/mol. The van der Waals surface area contributed by atoms with Crippen molar-refractivity contribution in [2.45, 2.75) is 6.17 Å². The topological polar surface area (TPSA) is 58.2 Å². The van der Waals surface area contributed by atoms with Gasteiger partial charge in [0, 0.05) is 11.1 Å². The van der Waals surface area contributed by atoms with Crippen molar-refractivity contribution in [2.24, 2.45) is 0 Å². The smallest absolute Gasteiger partial charge is 0.253 e. The van der Waals surface area contributed by atoms with Gasteiger partial charge in [0.2, 0.25) is 5.78 Å². The molecule has 0 aliphatic heterocycles. The van der Waals surface area contributed by atoms with E-state index in [9.17, 15) is 9.59 Å². The number of ketones is 1. The predicted molar refractivity (Wildman–Crippen MR) is 104 cm³/mol. The van der Waals surface area contributed by atoms with Gasteiger partial charge in [0.25, 0.3) is 5.91 Å². The molecule has 3 aromatic carbocycles. The van der Waals surface area contributed by atoms with Crippen LogP contribution in [0.1, 0.15) is 20.7 Å². The lowest BCUT2D eigenvalue weighted by molar-refractivity contribution is 0.0869. The minimum absolute atomic E-state index is 0.255. The lowest BCUT2D eigenvalue weighted by Crippen LogP contribution is -2.46. The molecule has 3 aromatic rings. The molecule has 3 rings (SSSR count). The fourth-order valence-electron chi connectivity index (χ4n) is 2.47. The zero-order valence-electron chi connectivity index (χ0n) is 13.9. The molecule has 5 heteroatoms. The first-order chi connectivity index (χ1) is 12.6. The molecule has 1 atom stereocenters. The molecule has 26 heavy (non-hydrogen) atoms. The van der Waals surface area contributed by atoms with E-state index in [1.54, 1.807) is 72.8 Å². The number of benzene rings is 3. The summed E-state index contributed by atoms with van der Waals surface area (Å²) in [6, 6.07) is 24.6. The van der Waals surface area contributed by atoms with E-state index in [2.05, 4.69) is 10.6 Å². The fraction of sp³-hybridized carbons (Fsp3) is 0.0476. The van der Waals surface area contributed by atoms with Crippen LogP contribution in [0, 0.1) is 0 Å². The quantitative estimate of drug-likeness (QED) is 0.503. The van der Waals surface area contributed by atoms with Gasteiger partial charge in [-0.15, -0.1) is 0 Å². The number of carbonyl (C=O) groups is 2. The lowest BCUT2D eigenvalue weighted by Gasteiger charge is -2.21. The summed E-state index contributed by atoms with van der Waals surface area (Å²) >= 11 is 6.19. The van der Waals surface area contributed by atoms with E-state index >= 15 is 0 Å². The summed E-state index contributed by atoms with van der Waals surface area (Å²) in [4.78, 5) is 25.4. The summed E-state index contributed by atoms with van der Waals surface area (Å²) < 4.78 is 0. The number of nitrogens with one attached hydrogen (secondary N) is 2. The Morgan fingerprint density at radius 1 is 0.731 bits per heavy atom. The van der Waals surface area contributed by atoms with Crippen molar-refractivity contribution in [2.75, 3.05) is 5.32 Å². The highest BCUT2D eigenvalue weighted by molar-refractivity contribution is 6.33. The molecule has 0 saturated carbocycles. The van der Waals surface area contributed by atoms with Gasteiger partial charge in [0.15, 0.2) is 6.17 Å². The van der Waals surface area contributed by atoms with E-state index in [1.165, 1.54) is 0 Å². The Balaban J connectivity index is 1.87. The van der Waals surface area contributed by atoms with Gasteiger partial charge in [0.1, 0.15) is 0 Å². The Labute approximate surface area is 156 Å². The molecule has 2 N–H and O–H groups in total. The van der Waals surface area contributed by atoms with E-state index in [0.29, 0.717) is 21.8 Å². The van der Waals surface area contributed by atoms with Gasteiger partial charge in [-0.1, -0.05) is 72.3 Å². The SMILES string of the molecule is O=C(N[C@@H](Nc1ccccc1Cl)C(=O)c1ccccc1)c1ccccc1. The number of halogens is 1. The van der Waals surface area contributed by atoms with Gasteiger partial charge < -0.3 is 10.6 Å². The molecule has 0 aliphatic rings. The first kappa shape index (κ1) is 17.7. The van der Waals surface area contributed by atoms with E-state index in [1.807, 2.05) is 12.1 Å². The van der Waals surface area contributed by atoms with E-state index in [4.69, 9.17) is 11.6 Å². The summed E-state index contributed by atoms with van der Waals surface area (Å²) in [5.74, 6) is -0.603. The second kappa shape index (κ2) is 8.32. The van der Waals surface area contributed by atoms with E-state index in [-0.39, 0.29) is 11.7 Å². The molecule has 1 amide bonds. The number of hydrogen-bond donors (Lipinski definition) is 2. The van der Waals surface area contributed by atoms with Crippen molar-refractivity contribution in [3.05, 3.63) is 101 Å². The standard InChI is InChI=1S/C21H17ClN2O2/c22-17-13-7-8-14-18(17)23-20(19(25)15-9-3-1-4-10-15)24-21(26)16-11-5-2-6-12-16/h1-14,20,23H,(H,24,26)/t20-/m1/s1. The van der Waals surface area contributed by atoms with Crippen LogP contribution in [0.2, 0.25) is 5.02 Å². The average Bonchev–Trinajstić information content (AvgIpc) is 2.70. The zero-order chi connectivity index (χ0) is 18.4. The van der Waals surface area contributed by atoms with Crippen LogP contribution in [0.3, 0.4) is 0 Å². The number of anilines is 1. The molecule has 0 radical (unpaired) electrons. The summed E-state index contributed by atoms with van der Waals surface area (Å²) in [5.41, 5.74) is 1.53. The maximum absolute atomic E-state index is 12.9. The number of rotatable bonds is 6. The average molecular weight is 365 g/mol. The van der Waals surface area contributed by atoms with Crippen molar-refractivity contribution < 1.29 is 9.59 Å². The van der Waals surface area contributed by atoms with Crippen LogP contribution < -0.4 is 10.6 Å². The number of hydrogen-bond acceptors (Lipinski definition) is 3. The Morgan fingerprint density at radius 3 is 1.88 bits per heavy atom. The van der Waals surface area contributed by atoms with E-state index < -0.39 is 6.17 Å². The van der Waals surface area contributed by atoms with Crippen LogP contribution in [-0.4, -0.2) is 17.9 Å². The molecule has 0 aromatic heterocycles. The Bertz CT molecular complexity index is 898. The van der Waals surface area contributed by atoms with Gasteiger partial charge in [-0.25, -0.2) is 0 Å². The third kappa shape index (κ3) is 4.29. The molecule has 0 aliphatic carbocycles. The van der Waals surface area contributed by atoms with Crippen LogP contribution in [-0.2, 0) is 0 Å². The molecular formula is C21H17ClN2O2. The number of amides is 1. The molecule has 130 valence electrons. The van der Waals surface area contributed by atoms with Crippen molar-refractivity contribution in [3.8, 4) is 0 Å². The zero-order valence-corrected chi connectivity index (χ0v) is 14.6. The van der Waals surface area contributed by atoms with Crippen LogP contribution in [0.15, 0.2) is 84.9 Å². The highest BCUT2D eigenvalue weighted by atomic mass is 35.5. The van der Waals surface area contributed by atoms with Gasteiger partial charge in [-0.3, -0.25) is 9.59 Å². The predicted octanol–water partition coefficient (Wildman–Crippen LogP) is 4.39. The second-order valence-corrected chi connectivity index (χ2v) is 6.03. The number of carbonyl (C=O) groups excluding carboxylic acids is 2. The normalized spacial score (nSPS) is 11.4. The third-order valence-electron chi connectivity index (χ3n) is 3.81. The molecule has 0 bridgehead atoms. The van der Waals surface area contributed by atoms with Crippen LogP contribution in [0.4, 0.5) is 5.69 Å². The van der Waals surface area contributed by atoms with Crippen molar-refractivity contribution in [1.29, 1.82) is 0 Å². The van der Waals surface area contributed by atoms with Crippen molar-refractivity contribution in [1.82, 2.24) is 5.32 Å². The van der Waals surface area contributed by atoms with Crippen LogP contribution >= 0.6 is 11.6 Å². The van der Waals surface area contributed by atoms with Gasteiger partial charge in [0.05, 0.1) is 10.7 Å². The first-order valence-electron chi connectivity index (χ1n) is 8.11. The first-order valence-corrected chi connectivity index (χ1v) is 8.49. The lowest BCUT2D eigenvalue weighted by atomic mass is 10.1. The Kier molecular flexibility index (Phi) is 5.66. The maximum atomic E-state index is 12.9. The van der Waals surface area contributed by atoms with Gasteiger partial charge >= 0.3 is 0 Å². The van der Waals surface area contributed by atoms with Crippen molar-refractivity contribution >= 4 is 29.0 Å². The molecule has 0 unspecified atom stereocenters. The van der Waals surface area contributed by atoms with Crippen molar-refractivity contribution in [3.63, 3.8) is 0 Å². The highest BCUT2D eigenvalue weighted by Crippen LogP contribution is 2.21. The molecule has 0 saturated heterocycles. The number of para-hydroxylation sites is 1. The molecular weight excluding hydrogens is 348 g/mol. The Morgan fingerprint density at radius 2 is 1.27 bits per heavy atom. The molecule has 0 fully saturated rings. The van der Waals surface area contributed by atoms with Gasteiger partial charge in [-0.05, 0) is 24.3 Å². The summed E-state index contributed by atoms with van der Waals surface area (Å²) in [6.07, 6.45) is -0.954. The van der Waals surface area contributed by atoms with Crippen LogP contribution in [0.5, 0.6) is 0 Å². The van der Waals surface area contributed by atoms with E-state index in [0.717, 1.165) is 0 Å². The minimum atomic E-state index is -0.954. The summed E-state index contributed by atoms with van der Waals surface area (Å²) in [5, 5.41) is 6.25. The molecule has 0 spiro atoms. The minimum Gasteiger partial charge on any atom is -0.358 e. The van der Waals surface area contributed by atoms with Gasteiger partial charge in [-0.2, -0.15) is 0 Å². The number of Topliss-reactive ketones (excluding diaryl/α,β-unsaturated/α-hetero) is 1. The maximum Gasteiger partial charge on any atom is 0.253 e. The molecule has 4 nitrogen and oxygen atoms in total. The molecule has 0 heterocycles. The Hall–Kier alpha value is -3.11. The highest BCUT2D eigenvalue weighted by Gasteiger charge is 2.23. The third-order valence-corrected chi connectivity index (χ3v) is 4.14. The second-order valence-electron chi connectivity index (χ2n) is 5.63. The summed E-state index contributed by atoms with van der Waals surface area (Å²) in [6.45, 7) is 0. The summed E-state index contributed by atoms with van der Waals surface area (Å²) in [7, 11) is 0. The fourth-order valence-corrected chi connectivity index (χ4v) is 2.66.